The van der Waals surface area contributed by atoms with Crippen molar-refractivity contribution in [3.63, 3.8) is 0 Å². The van der Waals surface area contributed by atoms with Crippen LogP contribution in [-0.4, -0.2) is 88.2 Å². The van der Waals surface area contributed by atoms with Gasteiger partial charge in [0.1, 0.15) is 23.3 Å². The number of aromatic amines is 8. The third-order valence-electron chi connectivity index (χ3n) is 24.1. The number of halogens is 4. The molecular formula is C103H67Br4N17O5. The van der Waals surface area contributed by atoms with Crippen LogP contribution >= 0.6 is 63.7 Å². The first-order chi connectivity index (χ1) is 63.0. The monoisotopic (exact) mass is 1940 g/mol. The summed E-state index contributed by atoms with van der Waals surface area (Å²) < 4.78 is 4.04. The molecule has 22 nitrogen and oxygen atoms in total. The van der Waals surface area contributed by atoms with Crippen molar-refractivity contribution in [1.29, 1.82) is 0 Å². The van der Waals surface area contributed by atoms with Crippen LogP contribution in [0, 0.1) is 20.2 Å². The fourth-order valence-corrected chi connectivity index (χ4v) is 19.5. The van der Waals surface area contributed by atoms with E-state index in [0.717, 1.165) is 194 Å². The molecule has 25 rings (SSSR count). The van der Waals surface area contributed by atoms with Gasteiger partial charge >= 0.3 is 0 Å². The van der Waals surface area contributed by atoms with Gasteiger partial charge in [0, 0.05) is 201 Å². The van der Waals surface area contributed by atoms with Crippen molar-refractivity contribution in [3.8, 4) is 45.6 Å². The van der Waals surface area contributed by atoms with Crippen LogP contribution < -0.4 is 11.5 Å². The number of aromatic nitrogens is 12. The lowest BCUT2D eigenvalue weighted by molar-refractivity contribution is -0.385. The average molecular weight is 1940 g/mol. The number of carbonyl (C=O) groups is 1. The maximum Gasteiger partial charge on any atom is 0.270 e. The molecule has 26 heteroatoms. The minimum absolute atomic E-state index is 0.0315. The molecule has 0 aliphatic heterocycles. The summed E-state index contributed by atoms with van der Waals surface area (Å²) in [5.41, 5.74) is 30.7. The third-order valence-corrected chi connectivity index (χ3v) is 26.1. The Bertz CT molecular complexity index is 8880. The van der Waals surface area contributed by atoms with Gasteiger partial charge in [-0.2, -0.15) is 0 Å². The maximum absolute atomic E-state index is 11.9. The van der Waals surface area contributed by atoms with E-state index in [4.69, 9.17) is 36.4 Å². The first-order valence-electron chi connectivity index (χ1n) is 41.3. The fraction of sp³-hybridized carbons (Fsp3) is 0.0291. The lowest BCUT2D eigenvalue weighted by Crippen LogP contribution is -2.15. The predicted molar refractivity (Wildman–Crippen MR) is 537 cm³/mol. The van der Waals surface area contributed by atoms with Gasteiger partial charge in [-0.1, -0.05) is 197 Å². The summed E-state index contributed by atoms with van der Waals surface area (Å²) in [6.45, 7) is 0.586. The lowest BCUT2D eigenvalue weighted by Gasteiger charge is -2.08. The number of nitrogens with one attached hydrogen (secondary N) is 8. The number of nitrogens with two attached hydrogens (primary N) is 2. The van der Waals surface area contributed by atoms with Crippen LogP contribution in [-0.2, 0) is 17.8 Å². The number of rotatable bonds is 12. The Balaban J connectivity index is 0.000000102. The van der Waals surface area contributed by atoms with E-state index in [1.807, 2.05) is 97.7 Å². The summed E-state index contributed by atoms with van der Waals surface area (Å²) in [5.74, 6) is 3.21. The summed E-state index contributed by atoms with van der Waals surface area (Å²) >= 11 is 14.3. The van der Waals surface area contributed by atoms with Crippen molar-refractivity contribution in [2.24, 2.45) is 16.5 Å². The molecule has 12 N–H and O–H groups in total. The maximum atomic E-state index is 11.9. The fourth-order valence-electron chi connectivity index (χ4n) is 18.0. The van der Waals surface area contributed by atoms with E-state index in [0.29, 0.717) is 51.4 Å². The number of nitrogens with zero attached hydrogens (tertiary/aromatic N) is 7. The molecule has 17 aromatic carbocycles. The van der Waals surface area contributed by atoms with Crippen LogP contribution in [0.5, 0.6) is 0 Å². The van der Waals surface area contributed by atoms with E-state index in [1.165, 1.54) is 51.2 Å². The number of hydrogen-bond donors (Lipinski definition) is 10. The molecule has 0 radical (unpaired) electrons. The smallest absolute Gasteiger partial charge is 0.270 e. The zero-order valence-electron chi connectivity index (χ0n) is 67.7. The van der Waals surface area contributed by atoms with E-state index in [-0.39, 0.29) is 23.7 Å². The van der Waals surface area contributed by atoms with Gasteiger partial charge in [0.25, 0.3) is 11.4 Å². The molecule has 0 bridgehead atoms. The predicted octanol–water partition coefficient (Wildman–Crippen LogP) is 27.2. The van der Waals surface area contributed by atoms with Crippen LogP contribution in [0.2, 0.25) is 0 Å². The molecule has 8 heterocycles. The summed E-state index contributed by atoms with van der Waals surface area (Å²) in [7, 11) is 0. The summed E-state index contributed by atoms with van der Waals surface area (Å²) in [6, 6.07) is 88.1. The molecule has 0 fully saturated rings. The van der Waals surface area contributed by atoms with Gasteiger partial charge in [0.15, 0.2) is 5.78 Å². The minimum atomic E-state index is -0.480. The molecule has 0 unspecified atom stereocenters. The zero-order chi connectivity index (χ0) is 87.6. The van der Waals surface area contributed by atoms with Gasteiger partial charge in [-0.05, 0) is 163 Å². The van der Waals surface area contributed by atoms with Crippen LogP contribution in [0.4, 0.5) is 17.1 Å². The average Bonchev–Trinajstić information content (AvgIpc) is 1.62. The van der Waals surface area contributed by atoms with Gasteiger partial charge in [0.05, 0.1) is 66.2 Å². The molecule has 8 aromatic heterocycles. The van der Waals surface area contributed by atoms with E-state index in [9.17, 15) is 25.0 Å². The third kappa shape index (κ3) is 14.3. The second-order valence-corrected chi connectivity index (χ2v) is 35.4. The number of carbonyl (C=O) groups excluding carboxylic acids is 1. The number of H-pyrrole nitrogens is 8. The Kier molecular flexibility index (Phi) is 20.0. The molecule has 0 spiro atoms. The molecule has 0 atom stereocenters. The van der Waals surface area contributed by atoms with Crippen molar-refractivity contribution < 1.29 is 14.6 Å². The van der Waals surface area contributed by atoms with Crippen LogP contribution in [0.1, 0.15) is 16.7 Å². The SMILES string of the molecule is Brc1ccc2[nH]cc(C=Nc3ccc4c(c3)c3ccccc3c3[nH]c(-c5c[nH]c6ccc(Br)cc56)nc43)c2c1.NCC(=O)Cc1ccc2c(c1)c1ccccc1c1nc(-c3c[nH]c4ccc(Br)cc34)[nH]c21.NCc1cccc(-c2nc3c4ccccc4c4ccccc4c3[nH]2)c1.O=[N+]([O-])c1ccc2c(c1)c1cc([N+](=O)[O-])ccc1c1[nH]c(-c3c[nH]c4ccc(Br)cc34)nc21. The van der Waals surface area contributed by atoms with Crippen molar-refractivity contribution in [3.05, 3.63) is 347 Å². The number of fused-ring (bicyclic) bond motifs is 28. The molecule has 622 valence electrons. The van der Waals surface area contributed by atoms with Crippen LogP contribution in [0.25, 0.3) is 219 Å². The Labute approximate surface area is 763 Å². The molecule has 0 saturated heterocycles. The largest absolute Gasteiger partial charge is 0.361 e. The first kappa shape index (κ1) is 79.7. The van der Waals surface area contributed by atoms with Crippen LogP contribution in [0.3, 0.4) is 0 Å². The Hall–Kier alpha value is -15.2. The molecule has 0 aliphatic carbocycles. The Morgan fingerprint density at radius 2 is 0.705 bits per heavy atom. The van der Waals surface area contributed by atoms with Gasteiger partial charge in [-0.25, -0.2) is 19.9 Å². The van der Waals surface area contributed by atoms with Gasteiger partial charge in [0.2, 0.25) is 0 Å². The first-order valence-corrected chi connectivity index (χ1v) is 44.4. The number of nitro groups is 2. The zero-order valence-corrected chi connectivity index (χ0v) is 74.1. The number of hydrogen-bond acceptors (Lipinski definition) is 12. The standard InChI is InChI=1S/C32H19Br2N5.C26H19BrN4O.C23H12BrN5O4.C22H17N3/c33-18-5-9-28-24(11-18)17(15-36-28)14-35-20-7-8-23-25(13-20)21-3-1-2-4-22(21)30-31(23)39-32(38-30)27-16-37-29-10-6-19(34)12-26(27)29;27-15-6-8-23-21(11-15)22(13-29-23)26-30-24-18-4-2-1-3-17(18)20-10-14(9-16(32)12-28)5-7-19(20)25(24)31-26;24-11-1-6-20-18(7-11)19(10-25-20)23-26-21-14-4-2-12(28(30)31)8-16(14)17-9-13(29(32)33)3-5-15(17)22(21)27-23;23-13-14-6-5-7-15(12-14)22-24-20-18-10-3-1-8-16(18)17-9-2-4-11-19(17)21(20)25-22/h1-16,36-37H,(H,38,39);1-8,10-11,13,29H,9,12,28H2,(H,30,31);1-10,25H,(H,26,27);1-12H,13,23H2,(H,24,25). The number of aliphatic imine (C=N–C) groups is 1. The summed E-state index contributed by atoms with van der Waals surface area (Å²) in [4.78, 5) is 86.0. The van der Waals surface area contributed by atoms with Crippen molar-refractivity contribution in [2.75, 3.05) is 6.54 Å². The number of nitro benzene ring substituents is 2. The highest BCUT2D eigenvalue weighted by molar-refractivity contribution is 9.11. The van der Waals surface area contributed by atoms with Gasteiger partial charge < -0.3 is 51.3 Å². The Morgan fingerprint density at radius 3 is 1.19 bits per heavy atom. The van der Waals surface area contributed by atoms with Crippen LogP contribution in [0.15, 0.2) is 315 Å². The normalized spacial score (nSPS) is 11.9. The van der Waals surface area contributed by atoms with E-state index < -0.39 is 9.85 Å². The van der Waals surface area contributed by atoms with E-state index in [1.54, 1.807) is 12.1 Å². The van der Waals surface area contributed by atoms with Gasteiger partial charge in [-0.15, -0.1) is 0 Å². The topological polar surface area (TPSA) is 346 Å². The highest BCUT2D eigenvalue weighted by Crippen LogP contribution is 2.45. The number of benzene rings is 17. The lowest BCUT2D eigenvalue weighted by atomic mass is 9.97. The number of Topliss-reactive ketones (excluding diaryl/α,β-unsaturated/α-hetero) is 1. The van der Waals surface area contributed by atoms with Crippen molar-refractivity contribution in [2.45, 2.75) is 13.0 Å². The molecule has 0 saturated carbocycles. The summed E-state index contributed by atoms with van der Waals surface area (Å²) in [5, 5.41) is 43.4. The highest BCUT2D eigenvalue weighted by Gasteiger charge is 2.24. The highest BCUT2D eigenvalue weighted by atomic mass is 79.9. The van der Waals surface area contributed by atoms with E-state index in [2.05, 4.69) is 267 Å². The molecule has 0 aliphatic rings. The quantitative estimate of drug-likeness (QED) is 0.0237. The molecule has 0 amide bonds. The minimum Gasteiger partial charge on any atom is -0.361 e. The number of ketones is 1. The molecular weight excluding hydrogens is 1870 g/mol. The van der Waals surface area contributed by atoms with Gasteiger partial charge in [-0.3, -0.25) is 30.0 Å². The number of non-ortho nitro benzene ring substituents is 2. The Morgan fingerprint density at radius 1 is 0.341 bits per heavy atom. The number of imidazole rings is 4. The summed E-state index contributed by atoms with van der Waals surface area (Å²) in [6.07, 6.45) is 10.2. The second-order valence-electron chi connectivity index (χ2n) is 31.7. The second kappa shape index (κ2) is 32.4. The molecule has 25 aromatic rings. The van der Waals surface area contributed by atoms with E-state index >= 15 is 0 Å². The van der Waals surface area contributed by atoms with Crippen molar-refractivity contribution in [1.82, 2.24) is 59.8 Å². The molecule has 129 heavy (non-hydrogen) atoms. The van der Waals surface area contributed by atoms with Crippen molar-refractivity contribution >= 4 is 267 Å².